The molecule has 2 aromatic rings. The van der Waals surface area contributed by atoms with Crippen molar-refractivity contribution in [1.82, 2.24) is 9.80 Å². The Morgan fingerprint density at radius 3 is 2.33 bits per heavy atom. The van der Waals surface area contributed by atoms with Gasteiger partial charge in [0.2, 0.25) is 11.8 Å². The number of amides is 3. The van der Waals surface area contributed by atoms with E-state index in [1.54, 1.807) is 57.9 Å². The highest BCUT2D eigenvalue weighted by Gasteiger charge is 2.78. The van der Waals surface area contributed by atoms with Crippen LogP contribution in [0.3, 0.4) is 0 Å². The second-order valence-corrected chi connectivity index (χ2v) is 15.3. The van der Waals surface area contributed by atoms with Gasteiger partial charge in [-0.1, -0.05) is 56.3 Å². The number of carbonyl (C=O) groups is 3. The number of fused-ring (bicyclic) bond motifs is 1. The van der Waals surface area contributed by atoms with Crippen LogP contribution in [0, 0.1) is 17.8 Å². The second kappa shape index (κ2) is 13.7. The maximum atomic E-state index is 15.0. The van der Waals surface area contributed by atoms with Crippen LogP contribution in [0.15, 0.2) is 79.9 Å². The van der Waals surface area contributed by atoms with Gasteiger partial charge in [0.1, 0.15) is 11.8 Å². The lowest BCUT2D eigenvalue weighted by molar-refractivity contribution is -0.147. The third-order valence-electron chi connectivity index (χ3n) is 9.90. The van der Waals surface area contributed by atoms with Crippen molar-refractivity contribution in [2.75, 3.05) is 31.7 Å². The molecule has 0 aromatic heterocycles. The van der Waals surface area contributed by atoms with Gasteiger partial charge in [-0.05, 0) is 61.9 Å². The van der Waals surface area contributed by atoms with E-state index in [0.29, 0.717) is 43.8 Å². The summed E-state index contributed by atoms with van der Waals surface area (Å²) in [6.45, 7) is 14.7. The standard InChI is InChI=1S/C37H47N3O5S/c1-7-20-38(23-26-12-10-9-11-13-26)33(42)30-31-34(43)40(28(24-41)22-25(3)4)32(37(31)19-18-36(30,5)46-37)35(44)39(21-8-2)27-14-16-29(45-6)17-15-27/h7-17,25,28,30-32,41H,1-2,18-24H2,3-6H3/t28-,30+,31+,32?,36-,37?/m1/s1. The normalized spacial score (nSPS) is 27.0. The minimum absolute atomic E-state index is 0.0887. The molecular weight excluding hydrogens is 598 g/mol. The molecule has 2 unspecified atom stereocenters. The number of rotatable bonds is 14. The Balaban J connectivity index is 1.60. The van der Waals surface area contributed by atoms with Crippen LogP contribution in [0.4, 0.5) is 5.69 Å². The van der Waals surface area contributed by atoms with Crippen LogP contribution >= 0.6 is 11.8 Å². The number of ether oxygens (including phenoxy) is 1. The molecular formula is C37H47N3O5S. The molecule has 3 fully saturated rings. The highest BCUT2D eigenvalue weighted by Crippen LogP contribution is 2.72. The first-order chi connectivity index (χ1) is 22.0. The number of nitrogens with zero attached hydrogens (tertiary/aromatic N) is 3. The van der Waals surface area contributed by atoms with Gasteiger partial charge in [0.15, 0.2) is 0 Å². The number of aliphatic hydroxyl groups is 1. The number of benzene rings is 2. The van der Waals surface area contributed by atoms with Crippen LogP contribution in [0.1, 0.15) is 45.6 Å². The maximum Gasteiger partial charge on any atom is 0.251 e. The van der Waals surface area contributed by atoms with Crippen LogP contribution < -0.4 is 9.64 Å². The molecule has 1 N–H and O–H groups in total. The molecule has 5 rings (SSSR count). The molecule has 6 atom stereocenters. The summed E-state index contributed by atoms with van der Waals surface area (Å²) in [5.41, 5.74) is 1.66. The lowest BCUT2D eigenvalue weighted by atomic mass is 9.66. The quantitative estimate of drug-likeness (QED) is 0.280. The highest BCUT2D eigenvalue weighted by molar-refractivity contribution is 8.02. The van der Waals surface area contributed by atoms with Crippen LogP contribution in [-0.2, 0) is 20.9 Å². The second-order valence-electron chi connectivity index (χ2n) is 13.4. The third-order valence-corrected chi connectivity index (χ3v) is 11.9. The number of carbonyl (C=O) groups excluding carboxylic acids is 3. The summed E-state index contributed by atoms with van der Waals surface area (Å²) in [7, 11) is 1.59. The van der Waals surface area contributed by atoms with E-state index in [4.69, 9.17) is 4.74 Å². The van der Waals surface area contributed by atoms with Crippen molar-refractivity contribution in [1.29, 1.82) is 0 Å². The van der Waals surface area contributed by atoms with Crippen LogP contribution in [-0.4, -0.2) is 81.0 Å². The molecule has 0 saturated carbocycles. The van der Waals surface area contributed by atoms with Crippen molar-refractivity contribution < 1.29 is 24.2 Å². The van der Waals surface area contributed by atoms with E-state index in [2.05, 4.69) is 20.1 Å². The first-order valence-corrected chi connectivity index (χ1v) is 17.0. The van der Waals surface area contributed by atoms with E-state index in [1.165, 1.54) is 0 Å². The largest absolute Gasteiger partial charge is 0.497 e. The van der Waals surface area contributed by atoms with Crippen molar-refractivity contribution in [3.8, 4) is 5.75 Å². The highest BCUT2D eigenvalue weighted by atomic mass is 32.2. The molecule has 3 aliphatic heterocycles. The number of thioether (sulfide) groups is 1. The first kappa shape index (κ1) is 33.8. The molecule has 3 saturated heterocycles. The van der Waals surface area contributed by atoms with E-state index in [0.717, 1.165) is 5.56 Å². The smallest absolute Gasteiger partial charge is 0.251 e. The van der Waals surface area contributed by atoms with Gasteiger partial charge < -0.3 is 24.5 Å². The lowest BCUT2D eigenvalue weighted by Crippen LogP contribution is -2.58. The summed E-state index contributed by atoms with van der Waals surface area (Å²) in [4.78, 5) is 49.6. The molecule has 2 aromatic carbocycles. The average molecular weight is 646 g/mol. The SMILES string of the molecule is C=CCN(Cc1ccccc1)C(=O)[C@@H]1[C@H]2C(=O)N([C@@H](CO)CC(C)C)C(C(=O)N(CC=C)c3ccc(OC)cc3)C23CC[C@@]1(C)S3. The minimum atomic E-state index is -0.852. The first-order valence-electron chi connectivity index (χ1n) is 16.2. The van der Waals surface area contributed by atoms with Gasteiger partial charge in [-0.3, -0.25) is 14.4 Å². The molecule has 8 nitrogen and oxygen atoms in total. The zero-order valence-electron chi connectivity index (χ0n) is 27.4. The van der Waals surface area contributed by atoms with Gasteiger partial charge in [0.05, 0.1) is 36.3 Å². The third kappa shape index (κ3) is 5.88. The summed E-state index contributed by atoms with van der Waals surface area (Å²) in [6, 6.07) is 15.7. The predicted octanol–water partition coefficient (Wildman–Crippen LogP) is 5.32. The topological polar surface area (TPSA) is 90.4 Å². The predicted molar refractivity (Wildman–Crippen MR) is 184 cm³/mol. The van der Waals surface area contributed by atoms with E-state index in [9.17, 15) is 19.5 Å². The molecule has 2 bridgehead atoms. The fourth-order valence-corrected chi connectivity index (χ4v) is 10.3. The fourth-order valence-electron chi connectivity index (χ4n) is 7.98. The Morgan fingerprint density at radius 1 is 1.07 bits per heavy atom. The Hall–Kier alpha value is -3.56. The van der Waals surface area contributed by atoms with Gasteiger partial charge in [0, 0.05) is 30.1 Å². The molecule has 3 aliphatic rings. The molecule has 246 valence electrons. The van der Waals surface area contributed by atoms with Gasteiger partial charge in [-0.2, -0.15) is 0 Å². The Morgan fingerprint density at radius 2 is 1.74 bits per heavy atom. The number of anilines is 1. The number of methoxy groups -OCH3 is 1. The zero-order chi connectivity index (χ0) is 33.2. The maximum absolute atomic E-state index is 15.0. The van der Waals surface area contributed by atoms with Crippen molar-refractivity contribution in [2.45, 2.75) is 68.2 Å². The molecule has 0 aliphatic carbocycles. The molecule has 9 heteroatoms. The monoisotopic (exact) mass is 645 g/mol. The Labute approximate surface area is 277 Å². The van der Waals surface area contributed by atoms with E-state index in [-0.39, 0.29) is 36.8 Å². The summed E-state index contributed by atoms with van der Waals surface area (Å²) in [5, 5.41) is 10.7. The van der Waals surface area contributed by atoms with Crippen LogP contribution in [0.2, 0.25) is 0 Å². The minimum Gasteiger partial charge on any atom is -0.497 e. The number of hydrogen-bond donors (Lipinski definition) is 1. The van der Waals surface area contributed by atoms with E-state index in [1.807, 2.05) is 56.3 Å². The molecule has 3 heterocycles. The van der Waals surface area contributed by atoms with Gasteiger partial charge in [-0.15, -0.1) is 24.9 Å². The summed E-state index contributed by atoms with van der Waals surface area (Å²) in [5.74, 6) is -0.980. The summed E-state index contributed by atoms with van der Waals surface area (Å²) in [6.07, 6.45) is 5.28. The summed E-state index contributed by atoms with van der Waals surface area (Å²) < 4.78 is 4.02. The molecule has 3 amide bonds. The van der Waals surface area contributed by atoms with Crippen molar-refractivity contribution >= 4 is 35.2 Å². The van der Waals surface area contributed by atoms with Crippen molar-refractivity contribution in [3.63, 3.8) is 0 Å². The summed E-state index contributed by atoms with van der Waals surface area (Å²) >= 11 is 1.65. The van der Waals surface area contributed by atoms with Crippen molar-refractivity contribution in [3.05, 3.63) is 85.5 Å². The molecule has 0 radical (unpaired) electrons. The number of hydrogen-bond acceptors (Lipinski definition) is 6. The van der Waals surface area contributed by atoms with Crippen molar-refractivity contribution in [2.24, 2.45) is 17.8 Å². The Bertz CT molecular complexity index is 1450. The average Bonchev–Trinajstić information content (AvgIpc) is 3.62. The Kier molecular flexibility index (Phi) is 10.0. The number of aliphatic hydroxyl groups excluding tert-OH is 1. The van der Waals surface area contributed by atoms with Gasteiger partial charge >= 0.3 is 0 Å². The zero-order valence-corrected chi connectivity index (χ0v) is 28.2. The number of likely N-dealkylation sites (tertiary alicyclic amines) is 1. The van der Waals surface area contributed by atoms with Gasteiger partial charge in [0.25, 0.3) is 5.91 Å². The van der Waals surface area contributed by atoms with Crippen LogP contribution in [0.5, 0.6) is 5.75 Å². The molecule has 46 heavy (non-hydrogen) atoms. The van der Waals surface area contributed by atoms with E-state index >= 15 is 0 Å². The van der Waals surface area contributed by atoms with Crippen LogP contribution in [0.25, 0.3) is 0 Å². The van der Waals surface area contributed by atoms with Gasteiger partial charge in [-0.25, -0.2) is 0 Å². The molecule has 1 spiro atoms. The fraction of sp³-hybridized carbons (Fsp3) is 0.486. The van der Waals surface area contributed by atoms with E-state index < -0.39 is 33.4 Å². The lowest BCUT2D eigenvalue weighted by Gasteiger charge is -2.40.